The first-order valence-corrected chi connectivity index (χ1v) is 6.49. The summed E-state index contributed by atoms with van der Waals surface area (Å²) in [7, 11) is 0. The van der Waals surface area contributed by atoms with Crippen LogP contribution in [0, 0.1) is 5.41 Å². The van der Waals surface area contributed by atoms with Crippen LogP contribution in [0.25, 0.3) is 0 Å². The Morgan fingerprint density at radius 2 is 1.79 bits per heavy atom. The second kappa shape index (κ2) is 7.58. The summed E-state index contributed by atoms with van der Waals surface area (Å²) in [6, 6.07) is 0. The summed E-state index contributed by atoms with van der Waals surface area (Å²) in [6.07, 6.45) is 5.08. The molecule has 0 aliphatic heterocycles. The molecular formula is C12H26OS. The first kappa shape index (κ1) is 14.3. The molecule has 0 radical (unpaired) electrons. The monoisotopic (exact) mass is 218 g/mol. The van der Waals surface area contributed by atoms with Gasteiger partial charge in [-0.3, -0.25) is 0 Å². The fraction of sp³-hybridized carbons (Fsp3) is 1.00. The van der Waals surface area contributed by atoms with E-state index in [9.17, 15) is 0 Å². The van der Waals surface area contributed by atoms with Crippen LogP contribution in [0.15, 0.2) is 0 Å². The maximum Gasteiger partial charge on any atom is 0.0547 e. The van der Waals surface area contributed by atoms with E-state index in [4.69, 9.17) is 4.74 Å². The summed E-state index contributed by atoms with van der Waals surface area (Å²) in [5.74, 6) is 0.929. The van der Waals surface area contributed by atoms with Gasteiger partial charge in [0.05, 0.1) is 12.7 Å². The average Bonchev–Trinajstić information content (AvgIpc) is 2.21. The molecule has 0 N–H and O–H groups in total. The Bertz CT molecular complexity index is 124. The van der Waals surface area contributed by atoms with Crippen LogP contribution < -0.4 is 0 Å². The number of hydrogen-bond donors (Lipinski definition) is 1. The minimum atomic E-state index is 0.297. The van der Waals surface area contributed by atoms with Crippen LogP contribution in [0.5, 0.6) is 0 Å². The minimum absolute atomic E-state index is 0.297. The predicted molar refractivity (Wildman–Crippen MR) is 67.2 cm³/mol. The van der Waals surface area contributed by atoms with Gasteiger partial charge in [0.2, 0.25) is 0 Å². The lowest BCUT2D eigenvalue weighted by Gasteiger charge is -2.31. The molecule has 0 saturated heterocycles. The zero-order valence-corrected chi connectivity index (χ0v) is 11.1. The van der Waals surface area contributed by atoms with Crippen molar-refractivity contribution >= 4 is 12.6 Å². The van der Waals surface area contributed by atoms with Crippen molar-refractivity contribution < 1.29 is 4.74 Å². The third kappa shape index (κ3) is 4.70. The Morgan fingerprint density at radius 3 is 2.14 bits per heavy atom. The van der Waals surface area contributed by atoms with Gasteiger partial charge in [-0.05, 0) is 31.9 Å². The van der Waals surface area contributed by atoms with Crippen molar-refractivity contribution in [2.45, 2.75) is 59.5 Å². The number of rotatable bonds is 8. The van der Waals surface area contributed by atoms with Crippen LogP contribution in [0.1, 0.15) is 53.4 Å². The number of ether oxygens (including phenoxy) is 1. The molecule has 0 aliphatic carbocycles. The lowest BCUT2D eigenvalue weighted by molar-refractivity contribution is 0.000431. The van der Waals surface area contributed by atoms with Gasteiger partial charge in [0.1, 0.15) is 0 Å². The first-order chi connectivity index (χ1) is 6.64. The molecule has 0 amide bonds. The molecule has 0 aromatic carbocycles. The average molecular weight is 218 g/mol. The van der Waals surface area contributed by atoms with E-state index in [2.05, 4.69) is 40.3 Å². The number of hydrogen-bond acceptors (Lipinski definition) is 2. The maximum atomic E-state index is 5.87. The summed E-state index contributed by atoms with van der Waals surface area (Å²) in [6.45, 7) is 9.69. The van der Waals surface area contributed by atoms with E-state index in [0.29, 0.717) is 11.5 Å². The van der Waals surface area contributed by atoms with E-state index in [1.165, 1.54) is 6.42 Å². The summed E-state index contributed by atoms with van der Waals surface area (Å²) in [5, 5.41) is 0. The predicted octanol–water partition coefficient (Wildman–Crippen LogP) is 3.93. The Labute approximate surface area is 95.0 Å². The van der Waals surface area contributed by atoms with Gasteiger partial charge in [-0.1, -0.05) is 27.2 Å². The zero-order valence-electron chi connectivity index (χ0n) is 10.2. The van der Waals surface area contributed by atoms with Crippen molar-refractivity contribution in [3.8, 4) is 0 Å². The summed E-state index contributed by atoms with van der Waals surface area (Å²) < 4.78 is 5.87. The topological polar surface area (TPSA) is 9.23 Å². The molecule has 1 atom stereocenters. The van der Waals surface area contributed by atoms with Gasteiger partial charge in [-0.2, -0.15) is 12.6 Å². The van der Waals surface area contributed by atoms with Crippen LogP contribution in [0.2, 0.25) is 0 Å². The van der Waals surface area contributed by atoms with Crippen molar-refractivity contribution in [2.75, 3.05) is 12.4 Å². The molecule has 1 nitrogen and oxygen atoms in total. The first-order valence-electron chi connectivity index (χ1n) is 5.86. The zero-order chi connectivity index (χ0) is 11.0. The van der Waals surface area contributed by atoms with Crippen LogP contribution in [0.3, 0.4) is 0 Å². The quantitative estimate of drug-likeness (QED) is 0.607. The normalized spacial score (nSPS) is 14.4. The van der Waals surface area contributed by atoms with Crippen LogP contribution >= 0.6 is 12.6 Å². The lowest BCUT2D eigenvalue weighted by atomic mass is 9.85. The molecule has 0 rings (SSSR count). The Kier molecular flexibility index (Phi) is 7.75. The molecule has 0 spiro atoms. The smallest absolute Gasteiger partial charge is 0.0547 e. The van der Waals surface area contributed by atoms with Crippen molar-refractivity contribution in [1.82, 2.24) is 0 Å². The van der Waals surface area contributed by atoms with Crippen molar-refractivity contribution in [3.63, 3.8) is 0 Å². The van der Waals surface area contributed by atoms with Gasteiger partial charge < -0.3 is 4.74 Å². The van der Waals surface area contributed by atoms with Crippen LogP contribution in [-0.2, 0) is 4.74 Å². The molecule has 0 bridgehead atoms. The highest BCUT2D eigenvalue weighted by molar-refractivity contribution is 7.80. The Balaban J connectivity index is 3.92. The molecule has 0 fully saturated rings. The lowest BCUT2D eigenvalue weighted by Crippen LogP contribution is -2.29. The highest BCUT2D eigenvalue weighted by Gasteiger charge is 2.25. The maximum absolute atomic E-state index is 5.87. The third-order valence-electron chi connectivity index (χ3n) is 3.20. The van der Waals surface area contributed by atoms with Crippen LogP contribution in [-0.4, -0.2) is 18.5 Å². The van der Waals surface area contributed by atoms with Gasteiger partial charge in [0.15, 0.2) is 0 Å². The van der Waals surface area contributed by atoms with E-state index in [-0.39, 0.29) is 0 Å². The van der Waals surface area contributed by atoms with Crippen molar-refractivity contribution in [1.29, 1.82) is 0 Å². The van der Waals surface area contributed by atoms with Gasteiger partial charge in [-0.15, -0.1) is 0 Å². The minimum Gasteiger partial charge on any atom is -0.378 e. The van der Waals surface area contributed by atoms with E-state index in [0.717, 1.165) is 31.6 Å². The third-order valence-corrected chi connectivity index (χ3v) is 3.88. The molecule has 0 heterocycles. The molecule has 14 heavy (non-hydrogen) atoms. The van der Waals surface area contributed by atoms with E-state index in [1.54, 1.807) is 0 Å². The molecule has 0 aliphatic rings. The Hall–Kier alpha value is 0.310. The highest BCUT2D eigenvalue weighted by Crippen LogP contribution is 2.28. The van der Waals surface area contributed by atoms with E-state index < -0.39 is 0 Å². The molecule has 1 unspecified atom stereocenters. The van der Waals surface area contributed by atoms with Gasteiger partial charge >= 0.3 is 0 Å². The number of thiol groups is 1. The summed E-state index contributed by atoms with van der Waals surface area (Å²) in [4.78, 5) is 0. The molecular weight excluding hydrogens is 192 g/mol. The Morgan fingerprint density at radius 1 is 1.21 bits per heavy atom. The summed E-state index contributed by atoms with van der Waals surface area (Å²) >= 11 is 4.44. The van der Waals surface area contributed by atoms with Gasteiger partial charge in [0, 0.05) is 5.41 Å². The fourth-order valence-electron chi connectivity index (χ4n) is 1.53. The van der Waals surface area contributed by atoms with E-state index >= 15 is 0 Å². The molecule has 0 saturated carbocycles. The van der Waals surface area contributed by atoms with Gasteiger partial charge in [0.25, 0.3) is 0 Å². The van der Waals surface area contributed by atoms with Gasteiger partial charge in [-0.25, -0.2) is 0 Å². The molecule has 2 heteroatoms. The second-order valence-corrected chi connectivity index (χ2v) is 4.59. The standard InChI is InChI=1S/C12H26OS/c1-5-8-11(4)13-9-12(6-2,7-3)10-14/h11,14H,5-10H2,1-4H3. The highest BCUT2D eigenvalue weighted by atomic mass is 32.1. The van der Waals surface area contributed by atoms with Crippen molar-refractivity contribution in [3.05, 3.63) is 0 Å². The second-order valence-electron chi connectivity index (χ2n) is 4.28. The van der Waals surface area contributed by atoms with Crippen LogP contribution in [0.4, 0.5) is 0 Å². The fourth-order valence-corrected chi connectivity index (χ4v) is 2.07. The van der Waals surface area contributed by atoms with E-state index in [1.807, 2.05) is 0 Å². The largest absolute Gasteiger partial charge is 0.378 e. The summed E-state index contributed by atoms with van der Waals surface area (Å²) in [5.41, 5.74) is 0.297. The molecule has 86 valence electrons. The van der Waals surface area contributed by atoms with Crippen molar-refractivity contribution in [2.24, 2.45) is 5.41 Å². The SMILES string of the molecule is CCCC(C)OCC(CC)(CC)CS. The molecule has 0 aromatic heterocycles. The molecule has 0 aromatic rings.